The fourth-order valence-corrected chi connectivity index (χ4v) is 1.30. The molecule has 6 heteroatoms. The summed E-state index contributed by atoms with van der Waals surface area (Å²) in [5.41, 5.74) is 0.684. The summed E-state index contributed by atoms with van der Waals surface area (Å²) in [5, 5.41) is 18.5. The van der Waals surface area contributed by atoms with Crippen molar-refractivity contribution < 1.29 is 19.8 Å². The zero-order chi connectivity index (χ0) is 12.3. The van der Waals surface area contributed by atoms with Crippen molar-refractivity contribution in [3.63, 3.8) is 0 Å². The van der Waals surface area contributed by atoms with Crippen LogP contribution in [0.1, 0.15) is 5.56 Å². The molecule has 0 fully saturated rings. The van der Waals surface area contributed by atoms with Crippen LogP contribution in [0.4, 0.5) is 0 Å². The predicted octanol–water partition coefficient (Wildman–Crippen LogP) is 0.492. The van der Waals surface area contributed by atoms with E-state index in [1.807, 2.05) is 0 Å². The van der Waals surface area contributed by atoms with Gasteiger partial charge in [-0.2, -0.15) is 0 Å². The molecule has 2 aromatic heterocycles. The molecule has 0 aliphatic carbocycles. The highest BCUT2D eigenvalue weighted by atomic mass is 16.7. The van der Waals surface area contributed by atoms with Crippen molar-refractivity contribution in [1.29, 1.82) is 0 Å². The monoisotopic (exact) mass is 234 g/mol. The van der Waals surface area contributed by atoms with Gasteiger partial charge in [-0.05, 0) is 11.6 Å². The Morgan fingerprint density at radius 3 is 2.59 bits per heavy atom. The molecule has 0 aliphatic heterocycles. The van der Waals surface area contributed by atoms with Gasteiger partial charge in [0, 0.05) is 24.5 Å². The number of aromatic nitrogens is 2. The van der Waals surface area contributed by atoms with E-state index >= 15 is 0 Å². The molecule has 0 unspecified atom stereocenters. The van der Waals surface area contributed by atoms with Crippen LogP contribution < -0.4 is 4.84 Å². The summed E-state index contributed by atoms with van der Waals surface area (Å²) >= 11 is 0. The smallest absolute Gasteiger partial charge is 0.337 e. The Balaban J connectivity index is 2.03. The number of carbonyl (C=O) groups is 1. The molecular weight excluding hydrogens is 224 g/mol. The van der Waals surface area contributed by atoms with Crippen LogP contribution in [0, 0.1) is 0 Å². The first-order valence-corrected chi connectivity index (χ1v) is 4.86. The maximum atomic E-state index is 11.5. The van der Waals surface area contributed by atoms with E-state index in [9.17, 15) is 15.0 Å². The van der Waals surface area contributed by atoms with Gasteiger partial charge in [-0.25, -0.2) is 4.79 Å². The molecular formula is C11H10N2O4. The van der Waals surface area contributed by atoms with Crippen molar-refractivity contribution in [3.05, 3.63) is 42.2 Å². The number of pyridine rings is 1. The fourth-order valence-electron chi connectivity index (χ4n) is 1.30. The molecule has 0 aliphatic rings. The first kappa shape index (κ1) is 11.0. The van der Waals surface area contributed by atoms with Crippen LogP contribution in [0.25, 0.3) is 0 Å². The van der Waals surface area contributed by atoms with Gasteiger partial charge >= 0.3 is 5.97 Å². The number of nitrogens with zero attached hydrogens (tertiary/aromatic N) is 2. The molecule has 2 aromatic rings. The van der Waals surface area contributed by atoms with Crippen LogP contribution in [-0.2, 0) is 11.2 Å². The molecule has 0 aromatic carbocycles. The minimum Gasteiger partial charge on any atom is -0.492 e. The van der Waals surface area contributed by atoms with Gasteiger partial charge in [-0.3, -0.25) is 4.98 Å². The van der Waals surface area contributed by atoms with E-state index in [-0.39, 0.29) is 18.2 Å². The highest BCUT2D eigenvalue weighted by Gasteiger charge is 2.12. The third-order valence-corrected chi connectivity index (χ3v) is 2.06. The quantitative estimate of drug-likeness (QED) is 0.807. The van der Waals surface area contributed by atoms with E-state index < -0.39 is 5.97 Å². The molecule has 0 saturated heterocycles. The minimum atomic E-state index is -0.611. The summed E-state index contributed by atoms with van der Waals surface area (Å²) in [6.45, 7) is 0. The maximum absolute atomic E-state index is 11.5. The van der Waals surface area contributed by atoms with Crippen molar-refractivity contribution >= 4 is 5.97 Å². The Hall–Kier alpha value is -2.50. The van der Waals surface area contributed by atoms with Crippen molar-refractivity contribution in [2.45, 2.75) is 6.42 Å². The Morgan fingerprint density at radius 1 is 1.29 bits per heavy atom. The summed E-state index contributed by atoms with van der Waals surface area (Å²) in [5.74, 6) is -1.30. The Bertz CT molecular complexity index is 502. The second-order valence-electron chi connectivity index (χ2n) is 3.35. The summed E-state index contributed by atoms with van der Waals surface area (Å²) in [6, 6.07) is 5.86. The number of carbonyl (C=O) groups excluding carboxylic acids is 1. The van der Waals surface area contributed by atoms with Crippen molar-refractivity contribution in [1.82, 2.24) is 9.71 Å². The van der Waals surface area contributed by atoms with Crippen LogP contribution >= 0.6 is 0 Å². The molecule has 0 spiro atoms. The van der Waals surface area contributed by atoms with Gasteiger partial charge in [0.2, 0.25) is 11.8 Å². The zero-order valence-electron chi connectivity index (χ0n) is 8.78. The Morgan fingerprint density at radius 2 is 2.00 bits per heavy atom. The number of aromatic hydroxyl groups is 2. The molecule has 88 valence electrons. The van der Waals surface area contributed by atoms with Gasteiger partial charge in [-0.15, -0.1) is 4.73 Å². The number of hydrogen-bond donors (Lipinski definition) is 2. The average molecular weight is 234 g/mol. The summed E-state index contributed by atoms with van der Waals surface area (Å²) < 4.78 is 0.651. The van der Waals surface area contributed by atoms with Crippen molar-refractivity contribution in [2.75, 3.05) is 0 Å². The van der Waals surface area contributed by atoms with Gasteiger partial charge in [0.25, 0.3) is 0 Å². The van der Waals surface area contributed by atoms with E-state index in [0.29, 0.717) is 10.3 Å². The van der Waals surface area contributed by atoms with E-state index in [2.05, 4.69) is 4.98 Å². The lowest BCUT2D eigenvalue weighted by atomic mass is 10.2. The molecule has 0 radical (unpaired) electrons. The Labute approximate surface area is 96.7 Å². The molecule has 2 N–H and O–H groups in total. The largest absolute Gasteiger partial charge is 0.492 e. The van der Waals surface area contributed by atoms with E-state index in [1.54, 1.807) is 18.3 Å². The second kappa shape index (κ2) is 4.56. The minimum absolute atomic E-state index is 0.00486. The first-order valence-electron chi connectivity index (χ1n) is 4.86. The third kappa shape index (κ3) is 2.54. The molecule has 0 saturated carbocycles. The van der Waals surface area contributed by atoms with Gasteiger partial charge < -0.3 is 15.1 Å². The number of rotatable bonds is 3. The van der Waals surface area contributed by atoms with E-state index in [0.717, 1.165) is 0 Å². The molecule has 17 heavy (non-hydrogen) atoms. The second-order valence-corrected chi connectivity index (χ2v) is 3.35. The topological polar surface area (TPSA) is 84.6 Å². The molecule has 0 bridgehead atoms. The summed E-state index contributed by atoms with van der Waals surface area (Å²) in [4.78, 5) is 20.1. The van der Waals surface area contributed by atoms with Gasteiger partial charge in [0.15, 0.2) is 0 Å². The lowest BCUT2D eigenvalue weighted by Crippen LogP contribution is -2.20. The van der Waals surface area contributed by atoms with Crippen LogP contribution in [0.15, 0.2) is 36.7 Å². The lowest BCUT2D eigenvalue weighted by molar-refractivity contribution is -0.144. The lowest BCUT2D eigenvalue weighted by Gasteiger charge is -2.06. The highest BCUT2D eigenvalue weighted by molar-refractivity contribution is 5.72. The average Bonchev–Trinajstić information content (AvgIpc) is 2.62. The third-order valence-electron chi connectivity index (χ3n) is 2.06. The van der Waals surface area contributed by atoms with Gasteiger partial charge in [0.05, 0.1) is 6.42 Å². The summed E-state index contributed by atoms with van der Waals surface area (Å²) in [6.07, 6.45) is 3.14. The maximum Gasteiger partial charge on any atom is 0.337 e. The normalized spacial score (nSPS) is 10.1. The molecule has 2 heterocycles. The van der Waals surface area contributed by atoms with Crippen LogP contribution in [0.3, 0.4) is 0 Å². The SMILES string of the molecule is O=C(Cc1cccnc1)On1c(O)ccc1O. The first-order chi connectivity index (χ1) is 8.16. The van der Waals surface area contributed by atoms with E-state index in [4.69, 9.17) is 4.84 Å². The van der Waals surface area contributed by atoms with Crippen LogP contribution in [0.2, 0.25) is 0 Å². The fraction of sp³-hybridized carbons (Fsp3) is 0.0909. The number of hydrogen-bond acceptors (Lipinski definition) is 5. The van der Waals surface area contributed by atoms with Crippen LogP contribution in [-0.4, -0.2) is 25.9 Å². The van der Waals surface area contributed by atoms with Gasteiger partial charge in [-0.1, -0.05) is 6.07 Å². The van der Waals surface area contributed by atoms with Crippen molar-refractivity contribution in [2.24, 2.45) is 0 Å². The molecule has 0 atom stereocenters. The Kier molecular flexibility index (Phi) is 2.95. The highest BCUT2D eigenvalue weighted by Crippen LogP contribution is 2.18. The molecule has 6 nitrogen and oxygen atoms in total. The summed E-state index contributed by atoms with van der Waals surface area (Å²) in [7, 11) is 0. The standard InChI is InChI=1S/C11H10N2O4/c14-9-3-4-10(15)13(9)17-11(16)6-8-2-1-5-12-7-8/h1-5,7,14-15H,6H2. The van der Waals surface area contributed by atoms with Crippen LogP contribution in [0.5, 0.6) is 11.8 Å². The predicted molar refractivity (Wildman–Crippen MR) is 57.3 cm³/mol. The zero-order valence-corrected chi connectivity index (χ0v) is 8.78. The van der Waals surface area contributed by atoms with E-state index in [1.165, 1.54) is 18.3 Å². The van der Waals surface area contributed by atoms with Crippen molar-refractivity contribution in [3.8, 4) is 11.8 Å². The van der Waals surface area contributed by atoms with Gasteiger partial charge in [0.1, 0.15) is 0 Å². The molecule has 0 amide bonds. The molecule has 2 rings (SSSR count).